The van der Waals surface area contributed by atoms with Gasteiger partial charge in [0.2, 0.25) is 11.8 Å². The normalized spacial score (nSPS) is 16.2. The summed E-state index contributed by atoms with van der Waals surface area (Å²) < 4.78 is 25.3. The van der Waals surface area contributed by atoms with E-state index in [0.29, 0.717) is 11.4 Å². The van der Waals surface area contributed by atoms with Crippen molar-refractivity contribution in [1.82, 2.24) is 0 Å². The van der Waals surface area contributed by atoms with Gasteiger partial charge >= 0.3 is 0 Å². The van der Waals surface area contributed by atoms with Crippen molar-refractivity contribution in [3.63, 3.8) is 0 Å². The number of thioether (sulfide) groups is 1. The maximum absolute atomic E-state index is 12.7. The maximum atomic E-state index is 12.7. The molecule has 0 saturated heterocycles. The summed E-state index contributed by atoms with van der Waals surface area (Å²) in [7, 11) is -3.65. The van der Waals surface area contributed by atoms with E-state index in [2.05, 4.69) is 10.6 Å². The molecule has 3 rings (SSSR count). The fraction of sp³-hybridized carbons (Fsp3) is 0.300. The molecule has 1 aliphatic heterocycles. The predicted molar refractivity (Wildman–Crippen MR) is 112 cm³/mol. The lowest BCUT2D eigenvalue weighted by Gasteiger charge is -2.21. The van der Waals surface area contributed by atoms with Crippen LogP contribution in [0.2, 0.25) is 0 Å². The van der Waals surface area contributed by atoms with E-state index in [9.17, 15) is 18.0 Å². The molecule has 28 heavy (non-hydrogen) atoms. The van der Waals surface area contributed by atoms with E-state index in [1.165, 1.54) is 23.9 Å². The molecule has 1 aliphatic rings. The zero-order chi connectivity index (χ0) is 20.5. The summed E-state index contributed by atoms with van der Waals surface area (Å²) in [4.78, 5) is 25.0. The van der Waals surface area contributed by atoms with Crippen molar-refractivity contribution >= 4 is 44.8 Å². The summed E-state index contributed by atoms with van der Waals surface area (Å²) in [5.74, 6) is -0.809. The van der Waals surface area contributed by atoms with Gasteiger partial charge in [-0.2, -0.15) is 0 Å². The van der Waals surface area contributed by atoms with Crippen LogP contribution >= 0.6 is 11.8 Å². The molecule has 2 aromatic carbocycles. The molecule has 2 amide bonds. The minimum absolute atomic E-state index is 0.0987. The second kappa shape index (κ2) is 7.97. The van der Waals surface area contributed by atoms with Crippen LogP contribution in [0.1, 0.15) is 24.5 Å². The average molecular weight is 419 g/mol. The molecule has 148 valence electrons. The Labute approximate surface area is 169 Å². The molecule has 2 N–H and O–H groups in total. The Balaban J connectivity index is 1.70. The van der Waals surface area contributed by atoms with Crippen molar-refractivity contribution in [3.8, 4) is 0 Å². The van der Waals surface area contributed by atoms with Crippen LogP contribution in [0.15, 0.2) is 46.2 Å². The topological polar surface area (TPSA) is 92.3 Å². The Morgan fingerprint density at radius 1 is 1.18 bits per heavy atom. The van der Waals surface area contributed by atoms with Gasteiger partial charge < -0.3 is 10.6 Å². The van der Waals surface area contributed by atoms with E-state index >= 15 is 0 Å². The number of benzene rings is 2. The van der Waals surface area contributed by atoms with Crippen molar-refractivity contribution in [2.75, 3.05) is 16.4 Å². The zero-order valence-corrected chi connectivity index (χ0v) is 17.5. The van der Waals surface area contributed by atoms with Gasteiger partial charge in [-0.05, 0) is 50.1 Å². The molecule has 1 heterocycles. The van der Waals surface area contributed by atoms with Crippen molar-refractivity contribution in [3.05, 3.63) is 47.5 Å². The van der Waals surface area contributed by atoms with Gasteiger partial charge in [0.1, 0.15) is 0 Å². The van der Waals surface area contributed by atoms with Gasteiger partial charge in [-0.25, -0.2) is 8.42 Å². The number of amides is 2. The first-order valence-electron chi connectivity index (χ1n) is 8.88. The minimum Gasteiger partial charge on any atom is -0.326 e. The molecule has 0 bridgehead atoms. The second-order valence-electron chi connectivity index (χ2n) is 6.79. The van der Waals surface area contributed by atoms with Crippen LogP contribution in [0.3, 0.4) is 0 Å². The molecule has 0 radical (unpaired) electrons. The summed E-state index contributed by atoms with van der Waals surface area (Å²) in [6.45, 7) is 5.57. The predicted octanol–water partition coefficient (Wildman–Crippen LogP) is 3.54. The summed E-state index contributed by atoms with van der Waals surface area (Å²) in [6, 6.07) is 10.4. The van der Waals surface area contributed by atoms with Crippen LogP contribution in [0.4, 0.5) is 11.4 Å². The molecule has 2 aromatic rings. The first-order valence-corrected chi connectivity index (χ1v) is 11.4. The highest BCUT2D eigenvalue weighted by molar-refractivity contribution is 8.01. The van der Waals surface area contributed by atoms with Crippen LogP contribution in [0, 0.1) is 13.8 Å². The van der Waals surface area contributed by atoms with Gasteiger partial charge in [-0.1, -0.05) is 18.2 Å². The van der Waals surface area contributed by atoms with Crippen LogP contribution in [-0.2, 0) is 19.4 Å². The molecule has 0 spiro atoms. The molecule has 1 atom stereocenters. The average Bonchev–Trinajstić information content (AvgIpc) is 2.64. The van der Waals surface area contributed by atoms with E-state index in [-0.39, 0.29) is 34.1 Å². The second-order valence-corrected chi connectivity index (χ2v) is 10.3. The van der Waals surface area contributed by atoms with Crippen molar-refractivity contribution in [1.29, 1.82) is 0 Å². The number of rotatable bonds is 5. The Hall–Kier alpha value is -2.32. The Morgan fingerprint density at radius 2 is 1.86 bits per heavy atom. The van der Waals surface area contributed by atoms with E-state index in [1.807, 2.05) is 32.0 Å². The maximum Gasteiger partial charge on any atom is 0.237 e. The highest BCUT2D eigenvalue weighted by atomic mass is 32.2. The number of aryl methyl sites for hydroxylation is 2. The number of carbonyl (C=O) groups excluding carboxylic acids is 2. The molecular formula is C20H22N2O4S2. The SMILES string of the molecule is Cc1cccc(C)c1NC(=O)CCS(=O)(=O)c1ccc2c(c1)NC(=O)[C@@H](C)S2. The molecule has 6 nitrogen and oxygen atoms in total. The van der Waals surface area contributed by atoms with Gasteiger partial charge in [-0.3, -0.25) is 9.59 Å². The molecule has 0 unspecified atom stereocenters. The Bertz CT molecular complexity index is 1030. The smallest absolute Gasteiger partial charge is 0.237 e. The lowest BCUT2D eigenvalue weighted by atomic mass is 10.1. The molecule has 0 fully saturated rings. The van der Waals surface area contributed by atoms with Crippen molar-refractivity contribution in [2.24, 2.45) is 0 Å². The number of hydrogen-bond donors (Lipinski definition) is 2. The molecule has 8 heteroatoms. The van der Waals surface area contributed by atoms with Gasteiger partial charge in [0.25, 0.3) is 0 Å². The standard InChI is InChI=1S/C20H22N2O4S2/c1-12-5-4-6-13(2)19(12)22-18(23)9-10-28(25,26)15-7-8-17-16(11-15)21-20(24)14(3)27-17/h4-8,11,14H,9-10H2,1-3H3,(H,21,24)(H,22,23)/t14-/m1/s1. The van der Waals surface area contributed by atoms with Crippen LogP contribution in [0.25, 0.3) is 0 Å². The molecular weight excluding hydrogens is 396 g/mol. The summed E-state index contributed by atoms with van der Waals surface area (Å²) in [5.41, 5.74) is 3.06. The van der Waals surface area contributed by atoms with Gasteiger partial charge in [0.05, 0.1) is 21.6 Å². The first kappa shape index (κ1) is 20.4. The lowest BCUT2D eigenvalue weighted by Crippen LogP contribution is -2.26. The lowest BCUT2D eigenvalue weighted by molar-refractivity contribution is -0.116. The fourth-order valence-corrected chi connectivity index (χ4v) is 5.13. The van der Waals surface area contributed by atoms with Crippen molar-refractivity contribution in [2.45, 2.75) is 42.2 Å². The Morgan fingerprint density at radius 3 is 2.54 bits per heavy atom. The highest BCUT2D eigenvalue weighted by Crippen LogP contribution is 2.36. The first-order chi connectivity index (χ1) is 13.2. The monoisotopic (exact) mass is 418 g/mol. The van der Waals surface area contributed by atoms with Crippen LogP contribution in [0.5, 0.6) is 0 Å². The van der Waals surface area contributed by atoms with Crippen LogP contribution < -0.4 is 10.6 Å². The van der Waals surface area contributed by atoms with Crippen molar-refractivity contribution < 1.29 is 18.0 Å². The third-order valence-electron chi connectivity index (χ3n) is 4.58. The molecule has 0 saturated carbocycles. The fourth-order valence-electron chi connectivity index (χ4n) is 2.94. The largest absolute Gasteiger partial charge is 0.326 e. The van der Waals surface area contributed by atoms with Gasteiger partial charge in [0.15, 0.2) is 9.84 Å². The third kappa shape index (κ3) is 4.39. The zero-order valence-electron chi connectivity index (χ0n) is 15.9. The summed E-state index contributed by atoms with van der Waals surface area (Å²) >= 11 is 1.39. The summed E-state index contributed by atoms with van der Waals surface area (Å²) in [6.07, 6.45) is -0.147. The van der Waals surface area contributed by atoms with E-state index in [1.54, 1.807) is 13.0 Å². The minimum atomic E-state index is -3.65. The highest BCUT2D eigenvalue weighted by Gasteiger charge is 2.25. The number of sulfone groups is 1. The number of hydrogen-bond acceptors (Lipinski definition) is 5. The van der Waals surface area contributed by atoms with Gasteiger partial charge in [-0.15, -0.1) is 11.8 Å². The number of fused-ring (bicyclic) bond motifs is 1. The number of anilines is 2. The van der Waals surface area contributed by atoms with Crippen LogP contribution in [-0.4, -0.2) is 31.2 Å². The third-order valence-corrected chi connectivity index (χ3v) is 7.48. The van der Waals surface area contributed by atoms with E-state index in [4.69, 9.17) is 0 Å². The molecule has 0 aromatic heterocycles. The summed E-state index contributed by atoms with van der Waals surface area (Å²) in [5, 5.41) is 5.31. The quantitative estimate of drug-likeness (QED) is 0.775. The Kier molecular flexibility index (Phi) is 5.81. The van der Waals surface area contributed by atoms with Gasteiger partial charge in [0, 0.05) is 17.0 Å². The number of nitrogens with one attached hydrogen (secondary N) is 2. The number of carbonyl (C=O) groups is 2. The molecule has 0 aliphatic carbocycles. The number of para-hydroxylation sites is 1. The van der Waals surface area contributed by atoms with E-state index in [0.717, 1.165) is 16.0 Å². The van der Waals surface area contributed by atoms with E-state index < -0.39 is 9.84 Å².